The van der Waals surface area contributed by atoms with Gasteiger partial charge in [-0.3, -0.25) is 4.68 Å². The molecule has 0 aliphatic heterocycles. The fourth-order valence-corrected chi connectivity index (χ4v) is 3.55. The molecule has 4 heteroatoms. The van der Waals surface area contributed by atoms with Crippen molar-refractivity contribution < 1.29 is 5.11 Å². The fraction of sp³-hybridized carbons (Fsp3) is 0.800. The molecule has 2 atom stereocenters. The van der Waals surface area contributed by atoms with E-state index in [2.05, 4.69) is 32.1 Å². The summed E-state index contributed by atoms with van der Waals surface area (Å²) in [5, 5.41) is 15.1. The van der Waals surface area contributed by atoms with Gasteiger partial charge < -0.3 is 10.8 Å². The maximum Gasteiger partial charge on any atom is 0.0662 e. The molecule has 0 saturated heterocycles. The van der Waals surface area contributed by atoms with Gasteiger partial charge in [-0.25, -0.2) is 0 Å². The summed E-state index contributed by atoms with van der Waals surface area (Å²) in [5.41, 5.74) is 7.00. The first-order valence-corrected chi connectivity index (χ1v) is 7.33. The molecule has 0 spiro atoms. The normalized spacial score (nSPS) is 30.5. The monoisotopic (exact) mass is 265 g/mol. The Morgan fingerprint density at radius 2 is 2.21 bits per heavy atom. The number of aryl methyl sites for hydroxylation is 1. The molecule has 1 saturated carbocycles. The molecule has 3 N–H and O–H groups in total. The largest absolute Gasteiger partial charge is 0.392 e. The van der Waals surface area contributed by atoms with Crippen LogP contribution in [0.5, 0.6) is 0 Å². The predicted molar refractivity (Wildman–Crippen MR) is 76.7 cm³/mol. The van der Waals surface area contributed by atoms with Crippen LogP contribution < -0.4 is 5.73 Å². The summed E-state index contributed by atoms with van der Waals surface area (Å²) >= 11 is 0. The van der Waals surface area contributed by atoms with Crippen molar-refractivity contribution in [1.29, 1.82) is 0 Å². The maximum atomic E-state index is 10.8. The lowest BCUT2D eigenvalue weighted by atomic mass is 9.59. The second-order valence-electron chi connectivity index (χ2n) is 6.69. The highest BCUT2D eigenvalue weighted by molar-refractivity contribution is 5.12. The van der Waals surface area contributed by atoms with Gasteiger partial charge in [-0.1, -0.05) is 20.3 Å². The van der Waals surface area contributed by atoms with Crippen molar-refractivity contribution >= 4 is 0 Å². The van der Waals surface area contributed by atoms with Gasteiger partial charge in [0.05, 0.1) is 12.3 Å². The van der Waals surface area contributed by atoms with E-state index in [0.29, 0.717) is 6.54 Å². The summed E-state index contributed by atoms with van der Waals surface area (Å²) in [6, 6.07) is 0. The molecule has 1 aromatic heterocycles. The zero-order valence-corrected chi connectivity index (χ0v) is 12.4. The third kappa shape index (κ3) is 2.70. The summed E-state index contributed by atoms with van der Waals surface area (Å²) in [5.74, 6) is 0. The number of hydrogen-bond donors (Lipinski definition) is 2. The lowest BCUT2D eigenvalue weighted by molar-refractivity contribution is -0.0884. The molecule has 2 unspecified atom stereocenters. The first-order valence-electron chi connectivity index (χ1n) is 7.33. The smallest absolute Gasteiger partial charge is 0.0662 e. The van der Waals surface area contributed by atoms with Crippen molar-refractivity contribution in [1.82, 2.24) is 9.78 Å². The Bertz CT molecular complexity index is 427. The van der Waals surface area contributed by atoms with Gasteiger partial charge in [0, 0.05) is 24.7 Å². The molecule has 1 aliphatic rings. The van der Waals surface area contributed by atoms with Crippen LogP contribution >= 0.6 is 0 Å². The highest BCUT2D eigenvalue weighted by Gasteiger charge is 2.47. The highest BCUT2D eigenvalue weighted by atomic mass is 16.3. The van der Waals surface area contributed by atoms with Crippen LogP contribution in [0.15, 0.2) is 12.4 Å². The van der Waals surface area contributed by atoms with Gasteiger partial charge in [0.1, 0.15) is 0 Å². The van der Waals surface area contributed by atoms with Crippen molar-refractivity contribution in [2.75, 3.05) is 6.54 Å². The summed E-state index contributed by atoms with van der Waals surface area (Å²) in [6.45, 7) is 7.79. The van der Waals surface area contributed by atoms with Crippen molar-refractivity contribution in [3.8, 4) is 0 Å². The van der Waals surface area contributed by atoms with Crippen LogP contribution in [0.4, 0.5) is 0 Å². The Morgan fingerprint density at radius 3 is 2.79 bits per heavy atom. The molecular weight excluding hydrogens is 238 g/mol. The third-order valence-corrected chi connectivity index (χ3v) is 4.79. The van der Waals surface area contributed by atoms with Gasteiger partial charge in [0.15, 0.2) is 0 Å². The molecule has 1 fully saturated rings. The number of rotatable bonds is 4. The molecule has 108 valence electrons. The van der Waals surface area contributed by atoms with E-state index in [-0.39, 0.29) is 16.9 Å². The van der Waals surface area contributed by atoms with Gasteiger partial charge in [0.25, 0.3) is 0 Å². The topological polar surface area (TPSA) is 64.1 Å². The van der Waals surface area contributed by atoms with Crippen molar-refractivity contribution in [3.05, 3.63) is 18.0 Å². The Labute approximate surface area is 116 Å². The Morgan fingerprint density at radius 1 is 1.47 bits per heavy atom. The van der Waals surface area contributed by atoms with E-state index in [9.17, 15) is 5.11 Å². The van der Waals surface area contributed by atoms with E-state index < -0.39 is 0 Å². The van der Waals surface area contributed by atoms with Crippen molar-refractivity contribution in [2.45, 2.75) is 59.1 Å². The van der Waals surface area contributed by atoms with E-state index in [1.807, 2.05) is 10.9 Å². The minimum absolute atomic E-state index is 0.0433. The lowest BCUT2D eigenvalue weighted by Crippen LogP contribution is -2.53. The van der Waals surface area contributed by atoms with E-state index in [4.69, 9.17) is 5.73 Å². The van der Waals surface area contributed by atoms with Crippen LogP contribution in [0.3, 0.4) is 0 Å². The van der Waals surface area contributed by atoms with E-state index >= 15 is 0 Å². The zero-order valence-electron chi connectivity index (χ0n) is 12.4. The van der Waals surface area contributed by atoms with Crippen molar-refractivity contribution in [2.24, 2.45) is 16.6 Å². The van der Waals surface area contributed by atoms with Gasteiger partial charge >= 0.3 is 0 Å². The second kappa shape index (κ2) is 5.25. The number of hydrogen-bond acceptors (Lipinski definition) is 3. The minimum Gasteiger partial charge on any atom is -0.392 e. The van der Waals surface area contributed by atoms with Crippen LogP contribution in [0.25, 0.3) is 0 Å². The molecule has 0 bridgehead atoms. The molecule has 2 rings (SSSR count). The fourth-order valence-electron chi connectivity index (χ4n) is 3.55. The summed E-state index contributed by atoms with van der Waals surface area (Å²) in [4.78, 5) is 0. The van der Waals surface area contributed by atoms with Crippen LogP contribution in [-0.4, -0.2) is 27.5 Å². The summed E-state index contributed by atoms with van der Waals surface area (Å²) < 4.78 is 1.93. The van der Waals surface area contributed by atoms with Gasteiger partial charge in [-0.15, -0.1) is 0 Å². The zero-order chi connectivity index (χ0) is 14.1. The molecule has 0 aromatic carbocycles. The predicted octanol–water partition coefficient (Wildman–Crippen LogP) is 1.96. The Balaban J connectivity index is 2.22. The average Bonchev–Trinajstić information content (AvgIpc) is 2.82. The quantitative estimate of drug-likeness (QED) is 0.874. The number of aromatic nitrogens is 2. The lowest BCUT2D eigenvalue weighted by Gasteiger charge is -2.49. The third-order valence-electron chi connectivity index (χ3n) is 4.79. The molecule has 0 amide bonds. The first kappa shape index (κ1) is 14.5. The highest BCUT2D eigenvalue weighted by Crippen LogP contribution is 2.47. The molecule has 4 nitrogen and oxygen atoms in total. The van der Waals surface area contributed by atoms with E-state index in [1.54, 1.807) is 0 Å². The van der Waals surface area contributed by atoms with Crippen LogP contribution in [0.1, 0.15) is 45.6 Å². The molecule has 0 radical (unpaired) electrons. The second-order valence-corrected chi connectivity index (χ2v) is 6.69. The SMILES string of the molecule is CCn1cc(CC2(CN)CCCC(C)(C)C2O)cn1. The van der Waals surface area contributed by atoms with E-state index in [0.717, 1.165) is 32.2 Å². The van der Waals surface area contributed by atoms with Crippen LogP contribution in [0.2, 0.25) is 0 Å². The molecule has 1 heterocycles. The van der Waals surface area contributed by atoms with Crippen LogP contribution in [0, 0.1) is 10.8 Å². The van der Waals surface area contributed by atoms with Crippen LogP contribution in [-0.2, 0) is 13.0 Å². The number of nitrogens with zero attached hydrogens (tertiary/aromatic N) is 2. The molecule has 19 heavy (non-hydrogen) atoms. The molecule has 1 aromatic rings. The van der Waals surface area contributed by atoms with E-state index in [1.165, 1.54) is 5.56 Å². The van der Waals surface area contributed by atoms with Crippen molar-refractivity contribution in [3.63, 3.8) is 0 Å². The maximum absolute atomic E-state index is 10.8. The summed E-state index contributed by atoms with van der Waals surface area (Å²) in [7, 11) is 0. The number of nitrogens with two attached hydrogens (primary N) is 1. The number of aliphatic hydroxyl groups excluding tert-OH is 1. The van der Waals surface area contributed by atoms with Gasteiger partial charge in [-0.2, -0.15) is 5.10 Å². The molecule has 1 aliphatic carbocycles. The number of aliphatic hydroxyl groups is 1. The molecular formula is C15H27N3O. The van der Waals surface area contributed by atoms with Gasteiger partial charge in [-0.05, 0) is 37.2 Å². The Kier molecular flexibility index (Phi) is 4.02. The average molecular weight is 265 g/mol. The standard InChI is InChI=1S/C15H27N3O/c1-4-18-10-12(9-17-18)8-15(11-16)7-5-6-14(2,3)13(15)19/h9-10,13,19H,4-8,11,16H2,1-3H3. The van der Waals surface area contributed by atoms with Gasteiger partial charge in [0.2, 0.25) is 0 Å². The minimum atomic E-state index is -0.344. The summed E-state index contributed by atoms with van der Waals surface area (Å²) in [6.07, 6.45) is 7.69. The first-order chi connectivity index (χ1) is 8.93. The Hall–Kier alpha value is -0.870.